The molecule has 1 amide bonds. The lowest BCUT2D eigenvalue weighted by Crippen LogP contribution is -2.20. The van der Waals surface area contributed by atoms with E-state index in [4.69, 9.17) is 14.2 Å². The second-order valence-corrected chi connectivity index (χ2v) is 9.58. The molecule has 0 atom stereocenters. The molecule has 5 aromatic rings. The molecule has 5 rings (SSSR count). The molecule has 0 bridgehead atoms. The number of rotatable bonds is 11. The van der Waals surface area contributed by atoms with Gasteiger partial charge in [0.1, 0.15) is 23.0 Å². The van der Waals surface area contributed by atoms with Crippen molar-refractivity contribution in [1.29, 1.82) is 0 Å². The van der Waals surface area contributed by atoms with Crippen LogP contribution in [0.5, 0.6) is 23.0 Å². The van der Waals surface area contributed by atoms with Gasteiger partial charge in [-0.1, -0.05) is 42.1 Å². The minimum Gasteiger partial charge on any atom is -0.497 e. The smallest absolute Gasteiger partial charge is 0.250 e. The van der Waals surface area contributed by atoms with Crippen LogP contribution < -0.4 is 19.6 Å². The Balaban J connectivity index is 1.26. The van der Waals surface area contributed by atoms with E-state index >= 15 is 0 Å². The second kappa shape index (κ2) is 13.3. The number of para-hydroxylation sites is 1. The van der Waals surface area contributed by atoms with Crippen LogP contribution >= 0.6 is 11.8 Å². The Hall–Kier alpha value is -5.09. The molecule has 4 aromatic carbocycles. The third-order valence-electron chi connectivity index (χ3n) is 5.88. The summed E-state index contributed by atoms with van der Waals surface area (Å²) < 4.78 is 18.4. The number of benzene rings is 4. The SMILES string of the molecule is COc1ccc(-c2nnc(SCC(=O)N/N=C/c3cccc(Oc4ccccc4)c3)n2-c2ccc(OC)cc2)cc1. The number of ether oxygens (including phenoxy) is 3. The van der Waals surface area contributed by atoms with Crippen molar-refractivity contribution >= 4 is 23.9 Å². The van der Waals surface area contributed by atoms with Gasteiger partial charge in [-0.15, -0.1) is 10.2 Å². The number of aromatic nitrogens is 3. The third kappa shape index (κ3) is 7.11. The van der Waals surface area contributed by atoms with Crippen molar-refractivity contribution in [2.45, 2.75) is 5.16 Å². The van der Waals surface area contributed by atoms with Crippen molar-refractivity contribution in [1.82, 2.24) is 20.2 Å². The van der Waals surface area contributed by atoms with E-state index in [1.54, 1.807) is 20.4 Å². The zero-order chi connectivity index (χ0) is 28.4. The molecule has 1 heterocycles. The Kier molecular flexibility index (Phi) is 8.92. The van der Waals surface area contributed by atoms with Crippen LogP contribution in [0.4, 0.5) is 0 Å². The zero-order valence-corrected chi connectivity index (χ0v) is 23.2. The van der Waals surface area contributed by atoms with Gasteiger partial charge in [-0.3, -0.25) is 9.36 Å². The summed E-state index contributed by atoms with van der Waals surface area (Å²) in [6.07, 6.45) is 1.57. The molecule has 9 nitrogen and oxygen atoms in total. The Morgan fingerprint density at radius 1 is 0.829 bits per heavy atom. The van der Waals surface area contributed by atoms with E-state index in [9.17, 15) is 4.79 Å². The molecule has 206 valence electrons. The number of carbonyl (C=O) groups is 1. The highest BCUT2D eigenvalue weighted by atomic mass is 32.2. The summed E-state index contributed by atoms with van der Waals surface area (Å²) >= 11 is 1.26. The fourth-order valence-electron chi connectivity index (χ4n) is 3.88. The van der Waals surface area contributed by atoms with Crippen LogP contribution in [0.2, 0.25) is 0 Å². The van der Waals surface area contributed by atoms with Crippen LogP contribution in [-0.4, -0.2) is 46.9 Å². The van der Waals surface area contributed by atoms with Gasteiger partial charge in [0.25, 0.3) is 5.91 Å². The average Bonchev–Trinajstić information content (AvgIpc) is 3.45. The summed E-state index contributed by atoms with van der Waals surface area (Å²) in [7, 11) is 3.24. The predicted molar refractivity (Wildman–Crippen MR) is 159 cm³/mol. The van der Waals surface area contributed by atoms with Gasteiger partial charge >= 0.3 is 0 Å². The first-order chi connectivity index (χ1) is 20.1. The van der Waals surface area contributed by atoms with Gasteiger partial charge in [-0.05, 0) is 78.4 Å². The van der Waals surface area contributed by atoms with Crippen LogP contribution in [0.25, 0.3) is 17.1 Å². The second-order valence-electron chi connectivity index (χ2n) is 8.64. The topological polar surface area (TPSA) is 99.9 Å². The lowest BCUT2D eigenvalue weighted by Gasteiger charge is -2.11. The molecule has 0 unspecified atom stereocenters. The quantitative estimate of drug-likeness (QED) is 0.119. The molecule has 0 aliphatic heterocycles. The molecule has 0 radical (unpaired) electrons. The molecule has 0 aliphatic carbocycles. The molecule has 1 aromatic heterocycles. The largest absolute Gasteiger partial charge is 0.497 e. The number of nitrogens with one attached hydrogen (secondary N) is 1. The molecule has 0 spiro atoms. The summed E-state index contributed by atoms with van der Waals surface area (Å²) in [4.78, 5) is 12.6. The first-order valence-electron chi connectivity index (χ1n) is 12.6. The molecule has 0 aliphatic rings. The minimum absolute atomic E-state index is 0.0887. The lowest BCUT2D eigenvalue weighted by atomic mass is 10.2. The lowest BCUT2D eigenvalue weighted by molar-refractivity contribution is -0.118. The van der Waals surface area contributed by atoms with Crippen molar-refractivity contribution in [3.05, 3.63) is 109 Å². The molecule has 0 fully saturated rings. The highest BCUT2D eigenvalue weighted by molar-refractivity contribution is 7.99. The Labute approximate surface area is 241 Å². The highest BCUT2D eigenvalue weighted by Crippen LogP contribution is 2.30. The number of thioether (sulfide) groups is 1. The standard InChI is InChI=1S/C31H27N5O4S/c1-38-25-15-11-23(12-16-25)30-34-35-31(36(30)24-13-17-26(39-2)18-14-24)41-21-29(37)33-32-20-22-7-6-10-28(19-22)40-27-8-4-3-5-9-27/h3-20H,21H2,1-2H3,(H,33,37)/b32-20+. The monoisotopic (exact) mass is 565 g/mol. The Morgan fingerprint density at radius 2 is 1.51 bits per heavy atom. The van der Waals surface area contributed by atoms with Crippen LogP contribution in [-0.2, 0) is 4.79 Å². The van der Waals surface area contributed by atoms with Crippen LogP contribution in [0.1, 0.15) is 5.56 Å². The van der Waals surface area contributed by atoms with Crippen LogP contribution in [0, 0.1) is 0 Å². The fourth-order valence-corrected chi connectivity index (χ4v) is 4.62. The van der Waals surface area contributed by atoms with Crippen LogP contribution in [0.15, 0.2) is 113 Å². The van der Waals surface area contributed by atoms with E-state index < -0.39 is 0 Å². The van der Waals surface area contributed by atoms with Crippen molar-refractivity contribution in [2.24, 2.45) is 5.10 Å². The van der Waals surface area contributed by atoms with E-state index in [1.807, 2.05) is 108 Å². The number of amides is 1. The van der Waals surface area contributed by atoms with E-state index in [2.05, 4.69) is 20.7 Å². The van der Waals surface area contributed by atoms with Gasteiger partial charge < -0.3 is 14.2 Å². The van der Waals surface area contributed by atoms with E-state index in [0.29, 0.717) is 16.7 Å². The zero-order valence-electron chi connectivity index (χ0n) is 22.4. The molecule has 41 heavy (non-hydrogen) atoms. The van der Waals surface area contributed by atoms with Gasteiger partial charge in [0.2, 0.25) is 0 Å². The van der Waals surface area contributed by atoms with Gasteiger partial charge in [0.05, 0.1) is 26.2 Å². The molecule has 0 saturated heterocycles. The Morgan fingerprint density at radius 3 is 2.22 bits per heavy atom. The molecule has 1 N–H and O–H groups in total. The van der Waals surface area contributed by atoms with E-state index in [0.717, 1.165) is 34.1 Å². The van der Waals surface area contributed by atoms with Crippen molar-refractivity contribution < 1.29 is 19.0 Å². The minimum atomic E-state index is -0.279. The number of nitrogens with zero attached hydrogens (tertiary/aromatic N) is 4. The summed E-state index contributed by atoms with van der Waals surface area (Å²) in [6.45, 7) is 0. The number of hydrogen-bond acceptors (Lipinski definition) is 8. The van der Waals surface area contributed by atoms with Gasteiger partial charge in [-0.25, -0.2) is 5.43 Å². The average molecular weight is 566 g/mol. The maximum Gasteiger partial charge on any atom is 0.250 e. The van der Waals surface area contributed by atoms with Crippen molar-refractivity contribution in [2.75, 3.05) is 20.0 Å². The van der Waals surface area contributed by atoms with Crippen LogP contribution in [0.3, 0.4) is 0 Å². The summed E-state index contributed by atoms with van der Waals surface area (Å²) in [5.41, 5.74) is 5.05. The van der Waals surface area contributed by atoms with E-state index in [-0.39, 0.29) is 11.7 Å². The van der Waals surface area contributed by atoms with Crippen molar-refractivity contribution in [3.63, 3.8) is 0 Å². The number of carbonyl (C=O) groups excluding carboxylic acids is 1. The van der Waals surface area contributed by atoms with Crippen molar-refractivity contribution in [3.8, 4) is 40.1 Å². The first-order valence-corrected chi connectivity index (χ1v) is 13.6. The molecule has 0 saturated carbocycles. The van der Waals surface area contributed by atoms with Gasteiger partial charge in [0.15, 0.2) is 11.0 Å². The first kappa shape index (κ1) is 27.5. The fraction of sp³-hybridized carbons (Fsp3) is 0.0968. The number of hydrazone groups is 1. The summed E-state index contributed by atoms with van der Waals surface area (Å²) in [5.74, 6) is 3.33. The molecular formula is C31H27N5O4S. The predicted octanol–water partition coefficient (Wildman–Crippen LogP) is 5.99. The maximum atomic E-state index is 12.6. The van der Waals surface area contributed by atoms with Gasteiger partial charge in [-0.2, -0.15) is 5.10 Å². The third-order valence-corrected chi connectivity index (χ3v) is 6.81. The normalized spacial score (nSPS) is 10.9. The van der Waals surface area contributed by atoms with E-state index in [1.165, 1.54) is 11.8 Å². The van der Waals surface area contributed by atoms with Gasteiger partial charge in [0, 0.05) is 11.3 Å². The summed E-state index contributed by atoms with van der Waals surface area (Å²) in [6, 6.07) is 32.1. The maximum absolute atomic E-state index is 12.6. The Bertz CT molecular complexity index is 1620. The molecule has 10 heteroatoms. The molecular weight excluding hydrogens is 538 g/mol. The summed E-state index contributed by atoms with van der Waals surface area (Å²) in [5, 5.41) is 13.5. The number of methoxy groups -OCH3 is 2. The highest BCUT2D eigenvalue weighted by Gasteiger charge is 2.17. The number of hydrogen-bond donors (Lipinski definition) is 1.